The first-order valence-corrected chi connectivity index (χ1v) is 4.62. The summed E-state index contributed by atoms with van der Waals surface area (Å²) in [7, 11) is 0. The first kappa shape index (κ1) is 20.9. The zero-order valence-corrected chi connectivity index (χ0v) is 9.67. The molecule has 0 heterocycles. The van der Waals surface area contributed by atoms with Gasteiger partial charge in [-0.1, -0.05) is 0 Å². The highest BCUT2D eigenvalue weighted by Gasteiger charge is 1.91. The average Bonchev–Trinajstić information content (AvgIpc) is 2.25. The molecule has 0 saturated carbocycles. The van der Waals surface area contributed by atoms with Gasteiger partial charge < -0.3 is 37.2 Å². The van der Waals surface area contributed by atoms with Gasteiger partial charge in [0.05, 0.1) is 25.9 Å². The molecule has 104 valence electrons. The van der Waals surface area contributed by atoms with Gasteiger partial charge in [-0.25, -0.2) is 4.79 Å². The van der Waals surface area contributed by atoms with Gasteiger partial charge in [-0.15, -0.1) is 0 Å². The van der Waals surface area contributed by atoms with Gasteiger partial charge in [0.25, 0.3) is 0 Å². The lowest BCUT2D eigenvalue weighted by Gasteiger charge is -1.98. The Morgan fingerprint density at radius 3 is 1.65 bits per heavy atom. The smallest absolute Gasteiger partial charge is 0.402 e. The minimum atomic E-state index is -1.33. The minimum Gasteiger partial charge on any atom is -0.465 e. The molecule has 0 bridgehead atoms. The van der Waals surface area contributed by atoms with Crippen LogP contribution < -0.4 is 16.8 Å². The Kier molecular flexibility index (Phi) is 20.9. The van der Waals surface area contributed by atoms with Crippen LogP contribution in [-0.2, 0) is 4.79 Å². The fraction of sp³-hybridized carbons (Fsp3) is 0.750. The number of primary amides is 1. The average molecular weight is 255 g/mol. The fourth-order valence-electron chi connectivity index (χ4n) is 0.290. The third-order valence-electron chi connectivity index (χ3n) is 0.955. The number of carboxylic acid groups (broad SMARTS) is 1. The lowest BCUT2D eigenvalue weighted by Crippen LogP contribution is -2.27. The topological polar surface area (TPSA) is 179 Å². The second-order valence-corrected chi connectivity index (χ2v) is 2.67. The molecule has 0 rings (SSSR count). The van der Waals surface area contributed by atoms with Crippen molar-refractivity contribution >= 4 is 12.0 Å². The van der Waals surface area contributed by atoms with Crippen molar-refractivity contribution in [1.82, 2.24) is 5.32 Å². The van der Waals surface area contributed by atoms with E-state index in [2.05, 4.69) is 11.1 Å². The van der Waals surface area contributed by atoms with E-state index in [9.17, 15) is 4.79 Å². The molecule has 0 saturated heterocycles. The molecule has 9 N–H and O–H groups in total. The van der Waals surface area contributed by atoms with Gasteiger partial charge in [-0.3, -0.25) is 4.79 Å². The molecule has 17 heavy (non-hydrogen) atoms. The second-order valence-electron chi connectivity index (χ2n) is 2.67. The van der Waals surface area contributed by atoms with E-state index in [1.54, 1.807) is 0 Å². The lowest BCUT2D eigenvalue weighted by atomic mass is 10.4. The third-order valence-corrected chi connectivity index (χ3v) is 0.955. The van der Waals surface area contributed by atoms with Crippen LogP contribution in [0.3, 0.4) is 0 Å². The molecule has 0 aliphatic rings. The van der Waals surface area contributed by atoms with E-state index in [0.717, 1.165) is 0 Å². The summed E-state index contributed by atoms with van der Waals surface area (Å²) < 4.78 is 0. The summed E-state index contributed by atoms with van der Waals surface area (Å²) in [6.45, 7) is 1.50. The quantitative estimate of drug-likeness (QED) is 0.280. The number of hydrogen-bond donors (Lipinski definition) is 7. The number of nitrogens with one attached hydrogen (secondary N) is 1. The summed E-state index contributed by atoms with van der Waals surface area (Å²) in [5.74, 6) is -0.103. The molecule has 0 spiro atoms. The Hall–Kier alpha value is -1.42. The first-order valence-electron chi connectivity index (χ1n) is 4.62. The molecule has 0 aromatic rings. The number of aliphatic hydroxyl groups is 3. The maximum Gasteiger partial charge on any atom is 0.402 e. The molecular formula is C8H21N3O6. The van der Waals surface area contributed by atoms with Crippen molar-refractivity contribution in [3.63, 3.8) is 0 Å². The molecule has 0 aromatic heterocycles. The summed E-state index contributed by atoms with van der Waals surface area (Å²) in [6, 6.07) is -0.454. The number of hydrogen-bond acceptors (Lipinski definition) is 6. The largest absolute Gasteiger partial charge is 0.465 e. The number of rotatable bonds is 4. The maximum absolute atomic E-state index is 9.98. The van der Waals surface area contributed by atoms with Crippen molar-refractivity contribution < 1.29 is 30.0 Å². The molecule has 0 radical (unpaired) electrons. The zero-order valence-electron chi connectivity index (χ0n) is 9.67. The fourth-order valence-corrected chi connectivity index (χ4v) is 0.290. The van der Waals surface area contributed by atoms with Crippen molar-refractivity contribution in [3.8, 4) is 0 Å². The zero-order chi connectivity index (χ0) is 14.3. The summed E-state index contributed by atoms with van der Waals surface area (Å²) >= 11 is 0. The van der Waals surface area contributed by atoms with Gasteiger partial charge in [-0.2, -0.15) is 0 Å². The Balaban J connectivity index is -0.000000180. The molecule has 9 heteroatoms. The van der Waals surface area contributed by atoms with E-state index >= 15 is 0 Å². The van der Waals surface area contributed by atoms with E-state index in [0.29, 0.717) is 6.54 Å². The maximum atomic E-state index is 9.98. The molecule has 0 atom stereocenters. The van der Waals surface area contributed by atoms with Gasteiger partial charge in [0.1, 0.15) is 0 Å². The van der Waals surface area contributed by atoms with Gasteiger partial charge in [-0.05, 0) is 0 Å². The molecular weight excluding hydrogens is 234 g/mol. The molecule has 0 aliphatic carbocycles. The normalized spacial score (nSPS) is 8.35. The van der Waals surface area contributed by atoms with E-state index in [1.165, 1.54) is 6.92 Å². The molecule has 9 nitrogen and oxygen atoms in total. The number of carbonyl (C=O) groups is 2. The highest BCUT2D eigenvalue weighted by Crippen LogP contribution is 1.66. The summed E-state index contributed by atoms with van der Waals surface area (Å²) in [4.78, 5) is 18.8. The monoisotopic (exact) mass is 255 g/mol. The standard InChI is InChI=1S/C4H9NO2.C3H9NO2.CH3NO2/c1-4(7)5-2-3-6;4-3(1-5)2-6;2-1(3)4/h6H,2-3H2,1H3,(H,5,7);3,5-6H,1-2,4H2;2H2,(H,3,4). The molecule has 2 amide bonds. The van der Waals surface area contributed by atoms with Crippen LogP contribution in [0, 0.1) is 0 Å². The Labute approximate surface area is 99.0 Å². The predicted molar refractivity (Wildman–Crippen MR) is 60.1 cm³/mol. The predicted octanol–water partition coefficient (Wildman–Crippen LogP) is -2.96. The third kappa shape index (κ3) is 53.3. The van der Waals surface area contributed by atoms with Crippen LogP contribution in [0.2, 0.25) is 0 Å². The Morgan fingerprint density at radius 2 is 1.59 bits per heavy atom. The van der Waals surface area contributed by atoms with Crippen molar-refractivity contribution in [2.24, 2.45) is 11.5 Å². The number of amides is 2. The number of aliphatic hydroxyl groups excluding tert-OH is 3. The molecule has 0 unspecified atom stereocenters. The molecule has 0 fully saturated rings. The molecule has 0 aromatic carbocycles. The van der Waals surface area contributed by atoms with Crippen LogP contribution in [-0.4, -0.2) is 64.8 Å². The second kappa shape index (κ2) is 17.0. The highest BCUT2D eigenvalue weighted by molar-refractivity contribution is 5.72. The van der Waals surface area contributed by atoms with E-state index in [-0.39, 0.29) is 25.7 Å². The SMILES string of the molecule is CC(=O)NCCO.NC(=O)O.NC(CO)CO. The Bertz CT molecular complexity index is 182. The number of nitrogens with two attached hydrogens (primary N) is 2. The van der Waals surface area contributed by atoms with Gasteiger partial charge in [0.2, 0.25) is 5.91 Å². The summed E-state index contributed by atoms with van der Waals surface area (Å²) in [6.07, 6.45) is -1.33. The van der Waals surface area contributed by atoms with Gasteiger partial charge >= 0.3 is 6.09 Å². The number of carbonyl (C=O) groups excluding carboxylic acids is 1. The van der Waals surface area contributed by atoms with Crippen LogP contribution in [0.1, 0.15) is 6.92 Å². The lowest BCUT2D eigenvalue weighted by molar-refractivity contribution is -0.119. The van der Waals surface area contributed by atoms with E-state index < -0.39 is 12.1 Å². The van der Waals surface area contributed by atoms with Crippen LogP contribution >= 0.6 is 0 Å². The van der Waals surface area contributed by atoms with Crippen LogP contribution in [0.15, 0.2) is 0 Å². The Morgan fingerprint density at radius 1 is 1.24 bits per heavy atom. The summed E-state index contributed by atoms with van der Waals surface area (Å²) in [5, 5.41) is 33.8. The minimum absolute atomic E-state index is 0.0135. The van der Waals surface area contributed by atoms with Crippen LogP contribution in [0.4, 0.5) is 4.79 Å². The highest BCUT2D eigenvalue weighted by atomic mass is 16.4. The van der Waals surface area contributed by atoms with Crippen molar-refractivity contribution in [1.29, 1.82) is 0 Å². The van der Waals surface area contributed by atoms with Gasteiger partial charge in [0.15, 0.2) is 0 Å². The van der Waals surface area contributed by atoms with Gasteiger partial charge in [0, 0.05) is 13.5 Å². The van der Waals surface area contributed by atoms with Crippen molar-refractivity contribution in [2.45, 2.75) is 13.0 Å². The van der Waals surface area contributed by atoms with Crippen LogP contribution in [0.25, 0.3) is 0 Å². The van der Waals surface area contributed by atoms with E-state index in [4.69, 9.17) is 31.0 Å². The van der Waals surface area contributed by atoms with E-state index in [1.807, 2.05) is 0 Å². The first-order chi connectivity index (χ1) is 7.81. The van der Waals surface area contributed by atoms with Crippen LogP contribution in [0.5, 0.6) is 0 Å². The van der Waals surface area contributed by atoms with Crippen molar-refractivity contribution in [3.05, 3.63) is 0 Å². The summed E-state index contributed by atoms with van der Waals surface area (Å²) in [5.41, 5.74) is 9.00. The van der Waals surface area contributed by atoms with Crippen molar-refractivity contribution in [2.75, 3.05) is 26.4 Å². The molecule has 0 aliphatic heterocycles.